The molecule has 3 rings (SSSR count). The molecule has 1 heterocycles. The van der Waals surface area contributed by atoms with E-state index in [1.54, 1.807) is 30.2 Å². The maximum absolute atomic E-state index is 12.1. The Morgan fingerprint density at radius 1 is 1.15 bits per heavy atom. The van der Waals surface area contributed by atoms with Crippen LogP contribution in [-0.4, -0.2) is 32.1 Å². The molecule has 0 unspecified atom stereocenters. The first-order valence-corrected chi connectivity index (χ1v) is 8.60. The second-order valence-electron chi connectivity index (χ2n) is 6.00. The van der Waals surface area contributed by atoms with Gasteiger partial charge in [0.1, 0.15) is 11.5 Å². The number of nitrogens with one attached hydrogen (secondary N) is 1. The van der Waals surface area contributed by atoms with E-state index in [4.69, 9.17) is 9.47 Å². The summed E-state index contributed by atoms with van der Waals surface area (Å²) in [5, 5.41) is 2.84. The first-order valence-electron chi connectivity index (χ1n) is 8.60. The van der Waals surface area contributed by atoms with Gasteiger partial charge in [-0.3, -0.25) is 9.59 Å². The Morgan fingerprint density at radius 3 is 2.73 bits per heavy atom. The van der Waals surface area contributed by atoms with E-state index >= 15 is 0 Å². The number of ether oxygens (including phenoxy) is 2. The summed E-state index contributed by atoms with van der Waals surface area (Å²) in [6.07, 6.45) is 1.19. The molecule has 0 atom stereocenters. The third kappa shape index (κ3) is 3.96. The normalized spacial score (nSPS) is 13.2. The molecule has 2 aromatic carbocycles. The maximum Gasteiger partial charge on any atom is 0.262 e. The van der Waals surface area contributed by atoms with Crippen molar-refractivity contribution in [3.8, 4) is 11.5 Å². The van der Waals surface area contributed by atoms with E-state index in [2.05, 4.69) is 5.32 Å². The third-order valence-corrected chi connectivity index (χ3v) is 4.29. The van der Waals surface area contributed by atoms with Gasteiger partial charge in [-0.15, -0.1) is 0 Å². The van der Waals surface area contributed by atoms with Crippen LogP contribution in [0.2, 0.25) is 0 Å². The molecule has 0 aliphatic carbocycles. The Morgan fingerprint density at radius 2 is 1.96 bits per heavy atom. The lowest BCUT2D eigenvalue weighted by molar-refractivity contribution is -0.119. The molecule has 6 nitrogen and oxygen atoms in total. The lowest BCUT2D eigenvalue weighted by Crippen LogP contribution is -2.34. The van der Waals surface area contributed by atoms with Crippen molar-refractivity contribution in [1.29, 1.82) is 0 Å². The van der Waals surface area contributed by atoms with Crippen LogP contribution in [0, 0.1) is 0 Å². The van der Waals surface area contributed by atoms with Crippen LogP contribution in [-0.2, 0) is 16.0 Å². The SMILES string of the molecule is CCN1C(=O)CCc2cc(NC(=O)COc3cccc(OC)c3)ccc21. The van der Waals surface area contributed by atoms with Crippen LogP contribution in [0.25, 0.3) is 0 Å². The summed E-state index contributed by atoms with van der Waals surface area (Å²) in [7, 11) is 1.58. The van der Waals surface area contributed by atoms with Gasteiger partial charge in [-0.25, -0.2) is 0 Å². The number of nitrogens with zero attached hydrogens (tertiary/aromatic N) is 1. The van der Waals surface area contributed by atoms with Gasteiger partial charge < -0.3 is 19.7 Å². The molecule has 1 aliphatic rings. The molecule has 6 heteroatoms. The number of methoxy groups -OCH3 is 1. The van der Waals surface area contributed by atoms with E-state index in [-0.39, 0.29) is 18.4 Å². The van der Waals surface area contributed by atoms with Crippen LogP contribution in [0.1, 0.15) is 18.9 Å². The Bertz CT molecular complexity index is 819. The monoisotopic (exact) mass is 354 g/mol. The van der Waals surface area contributed by atoms with Crippen molar-refractivity contribution in [2.75, 3.05) is 30.5 Å². The van der Waals surface area contributed by atoms with E-state index in [1.165, 1.54) is 0 Å². The largest absolute Gasteiger partial charge is 0.497 e. The van der Waals surface area contributed by atoms with E-state index in [1.807, 2.05) is 31.2 Å². The maximum atomic E-state index is 12.1. The molecule has 0 bridgehead atoms. The molecule has 136 valence electrons. The topological polar surface area (TPSA) is 67.9 Å². The zero-order chi connectivity index (χ0) is 18.5. The number of fused-ring (bicyclic) bond motifs is 1. The summed E-state index contributed by atoms with van der Waals surface area (Å²) in [6.45, 7) is 2.51. The molecule has 0 spiro atoms. The summed E-state index contributed by atoms with van der Waals surface area (Å²) in [4.78, 5) is 25.9. The van der Waals surface area contributed by atoms with Gasteiger partial charge in [-0.1, -0.05) is 6.07 Å². The van der Waals surface area contributed by atoms with Crippen molar-refractivity contribution >= 4 is 23.2 Å². The molecular formula is C20H22N2O4. The van der Waals surface area contributed by atoms with E-state index in [0.717, 1.165) is 11.3 Å². The van der Waals surface area contributed by atoms with Crippen LogP contribution >= 0.6 is 0 Å². The summed E-state index contributed by atoms with van der Waals surface area (Å²) < 4.78 is 10.6. The van der Waals surface area contributed by atoms with Gasteiger partial charge in [0, 0.05) is 30.4 Å². The fourth-order valence-corrected chi connectivity index (χ4v) is 3.02. The number of benzene rings is 2. The number of aryl methyl sites for hydroxylation is 1. The Hall–Kier alpha value is -3.02. The molecule has 26 heavy (non-hydrogen) atoms. The van der Waals surface area contributed by atoms with Crippen molar-refractivity contribution < 1.29 is 19.1 Å². The minimum atomic E-state index is -0.244. The van der Waals surface area contributed by atoms with Gasteiger partial charge in [0.15, 0.2) is 6.61 Å². The predicted molar refractivity (Wildman–Crippen MR) is 99.9 cm³/mol. The zero-order valence-corrected chi connectivity index (χ0v) is 15.0. The number of carbonyl (C=O) groups is 2. The second kappa shape index (κ2) is 7.91. The first-order chi connectivity index (χ1) is 12.6. The molecule has 0 saturated heterocycles. The molecule has 0 aromatic heterocycles. The number of rotatable bonds is 6. The van der Waals surface area contributed by atoms with Gasteiger partial charge in [-0.05, 0) is 49.2 Å². The molecule has 0 radical (unpaired) electrons. The van der Waals surface area contributed by atoms with Gasteiger partial charge in [0.05, 0.1) is 7.11 Å². The van der Waals surface area contributed by atoms with Gasteiger partial charge in [0.2, 0.25) is 5.91 Å². The van der Waals surface area contributed by atoms with Crippen LogP contribution in [0.5, 0.6) is 11.5 Å². The number of hydrogen-bond donors (Lipinski definition) is 1. The number of carbonyl (C=O) groups excluding carboxylic acids is 2. The van der Waals surface area contributed by atoms with Crippen molar-refractivity contribution in [2.24, 2.45) is 0 Å². The van der Waals surface area contributed by atoms with Crippen molar-refractivity contribution in [3.05, 3.63) is 48.0 Å². The number of amides is 2. The average molecular weight is 354 g/mol. The quantitative estimate of drug-likeness (QED) is 0.866. The van der Waals surface area contributed by atoms with E-state index in [9.17, 15) is 9.59 Å². The first kappa shape index (κ1) is 17.8. The lowest BCUT2D eigenvalue weighted by atomic mass is 10.0. The summed E-state index contributed by atoms with van der Waals surface area (Å²) in [6, 6.07) is 12.7. The lowest BCUT2D eigenvalue weighted by Gasteiger charge is -2.28. The van der Waals surface area contributed by atoms with Crippen LogP contribution < -0.4 is 19.7 Å². The summed E-state index contributed by atoms with van der Waals surface area (Å²) in [5.41, 5.74) is 2.70. The molecular weight excluding hydrogens is 332 g/mol. The van der Waals surface area contributed by atoms with Crippen molar-refractivity contribution in [1.82, 2.24) is 0 Å². The van der Waals surface area contributed by atoms with Crippen LogP contribution in [0.15, 0.2) is 42.5 Å². The highest BCUT2D eigenvalue weighted by molar-refractivity contribution is 5.97. The number of hydrogen-bond acceptors (Lipinski definition) is 4. The van der Waals surface area contributed by atoms with E-state index in [0.29, 0.717) is 36.6 Å². The van der Waals surface area contributed by atoms with E-state index < -0.39 is 0 Å². The molecule has 1 N–H and O–H groups in total. The Labute approximate surface area is 152 Å². The minimum Gasteiger partial charge on any atom is -0.497 e. The van der Waals surface area contributed by atoms with Gasteiger partial charge >= 0.3 is 0 Å². The number of anilines is 2. The van der Waals surface area contributed by atoms with Crippen molar-refractivity contribution in [3.63, 3.8) is 0 Å². The standard InChI is InChI=1S/C20H22N2O4/c1-3-22-18-9-8-15(11-14(18)7-10-20(22)24)21-19(23)13-26-17-6-4-5-16(12-17)25-2/h4-6,8-9,11-12H,3,7,10,13H2,1-2H3,(H,21,23). The molecule has 2 aromatic rings. The zero-order valence-electron chi connectivity index (χ0n) is 15.0. The highest BCUT2D eigenvalue weighted by atomic mass is 16.5. The van der Waals surface area contributed by atoms with Crippen molar-refractivity contribution in [2.45, 2.75) is 19.8 Å². The molecule has 0 fully saturated rings. The predicted octanol–water partition coefficient (Wildman–Crippen LogP) is 3.01. The summed E-state index contributed by atoms with van der Waals surface area (Å²) in [5.74, 6) is 1.14. The average Bonchev–Trinajstić information content (AvgIpc) is 2.66. The third-order valence-electron chi connectivity index (χ3n) is 4.29. The smallest absolute Gasteiger partial charge is 0.262 e. The highest BCUT2D eigenvalue weighted by Gasteiger charge is 2.22. The Balaban J connectivity index is 1.62. The molecule has 2 amide bonds. The Kier molecular flexibility index (Phi) is 5.41. The van der Waals surface area contributed by atoms with Crippen LogP contribution in [0.4, 0.5) is 11.4 Å². The van der Waals surface area contributed by atoms with Crippen LogP contribution in [0.3, 0.4) is 0 Å². The summed E-state index contributed by atoms with van der Waals surface area (Å²) >= 11 is 0. The highest BCUT2D eigenvalue weighted by Crippen LogP contribution is 2.30. The molecule has 1 aliphatic heterocycles. The second-order valence-corrected chi connectivity index (χ2v) is 6.00. The van der Waals surface area contributed by atoms with Gasteiger partial charge in [-0.2, -0.15) is 0 Å². The minimum absolute atomic E-state index is 0.0934. The molecule has 0 saturated carbocycles. The fourth-order valence-electron chi connectivity index (χ4n) is 3.02. The van der Waals surface area contributed by atoms with Gasteiger partial charge in [0.25, 0.3) is 5.91 Å². The fraction of sp³-hybridized carbons (Fsp3) is 0.300.